The molecule has 6 nitrogen and oxygen atoms in total. The normalized spacial score (nSPS) is 9.90. The monoisotopic (exact) mass is 280 g/mol. The Morgan fingerprint density at radius 3 is 2.50 bits per heavy atom. The van der Waals surface area contributed by atoms with Crippen LogP contribution in [0.4, 0.5) is 0 Å². The molecule has 6 heteroatoms. The summed E-state index contributed by atoms with van der Waals surface area (Å²) in [6.07, 6.45) is 0.316. The number of amides is 2. The van der Waals surface area contributed by atoms with Crippen LogP contribution in [-0.4, -0.2) is 45.7 Å². The van der Waals surface area contributed by atoms with Crippen molar-refractivity contribution in [3.8, 4) is 5.75 Å². The molecule has 0 atom stereocenters. The van der Waals surface area contributed by atoms with E-state index < -0.39 is 0 Å². The minimum absolute atomic E-state index is 0.0987. The fourth-order valence-corrected chi connectivity index (χ4v) is 1.59. The number of carbonyl (C=O) groups excluding carboxylic acids is 2. The standard InChI is InChI=1S/C14H20N2O4/c1-19-10-7-13(17)15-8-9-16-14(18)11-5-3-4-6-12(11)20-2/h3-6H,7-10H2,1-2H3,(H,15,17)(H,16,18). The van der Waals surface area contributed by atoms with Crippen LogP contribution in [0.2, 0.25) is 0 Å². The van der Waals surface area contributed by atoms with E-state index in [1.807, 2.05) is 0 Å². The molecule has 2 N–H and O–H groups in total. The van der Waals surface area contributed by atoms with Crippen molar-refractivity contribution in [1.29, 1.82) is 0 Å². The number of methoxy groups -OCH3 is 2. The number of rotatable bonds is 8. The Hall–Kier alpha value is -2.08. The molecule has 0 heterocycles. The molecule has 0 unspecified atom stereocenters. The van der Waals surface area contributed by atoms with Crippen molar-refractivity contribution >= 4 is 11.8 Å². The predicted molar refractivity (Wildman–Crippen MR) is 74.8 cm³/mol. The van der Waals surface area contributed by atoms with Gasteiger partial charge in [-0.1, -0.05) is 12.1 Å². The Balaban J connectivity index is 2.31. The van der Waals surface area contributed by atoms with Crippen LogP contribution in [0.25, 0.3) is 0 Å². The van der Waals surface area contributed by atoms with Gasteiger partial charge in [0.2, 0.25) is 5.91 Å². The summed E-state index contributed by atoms with van der Waals surface area (Å²) in [4.78, 5) is 23.2. The summed E-state index contributed by atoms with van der Waals surface area (Å²) < 4.78 is 9.91. The lowest BCUT2D eigenvalue weighted by Gasteiger charge is -2.09. The van der Waals surface area contributed by atoms with E-state index in [0.29, 0.717) is 37.4 Å². The van der Waals surface area contributed by atoms with Crippen LogP contribution < -0.4 is 15.4 Å². The van der Waals surface area contributed by atoms with Gasteiger partial charge in [-0.2, -0.15) is 0 Å². The van der Waals surface area contributed by atoms with E-state index >= 15 is 0 Å². The van der Waals surface area contributed by atoms with Gasteiger partial charge in [-0.05, 0) is 12.1 Å². The first-order valence-corrected chi connectivity index (χ1v) is 6.36. The highest BCUT2D eigenvalue weighted by Crippen LogP contribution is 2.16. The summed E-state index contributed by atoms with van der Waals surface area (Å²) in [7, 11) is 3.06. The molecule has 0 saturated carbocycles. The van der Waals surface area contributed by atoms with Gasteiger partial charge >= 0.3 is 0 Å². The summed E-state index contributed by atoms with van der Waals surface area (Å²) >= 11 is 0. The molecule has 2 amide bonds. The van der Waals surface area contributed by atoms with Crippen molar-refractivity contribution in [3.63, 3.8) is 0 Å². The summed E-state index contributed by atoms with van der Waals surface area (Å²) in [5.41, 5.74) is 0.473. The maximum Gasteiger partial charge on any atom is 0.255 e. The van der Waals surface area contributed by atoms with E-state index in [4.69, 9.17) is 9.47 Å². The van der Waals surface area contributed by atoms with E-state index in [0.717, 1.165) is 0 Å². The molecule has 0 aliphatic rings. The van der Waals surface area contributed by atoms with Gasteiger partial charge in [-0.3, -0.25) is 9.59 Å². The molecule has 0 radical (unpaired) electrons. The molecule has 1 rings (SSSR count). The summed E-state index contributed by atoms with van der Waals surface area (Å²) in [5, 5.41) is 5.41. The molecule has 0 bridgehead atoms. The Labute approximate surface area is 118 Å². The van der Waals surface area contributed by atoms with Crippen molar-refractivity contribution in [1.82, 2.24) is 10.6 Å². The van der Waals surface area contributed by atoms with Crippen LogP contribution >= 0.6 is 0 Å². The van der Waals surface area contributed by atoms with Crippen molar-refractivity contribution in [2.24, 2.45) is 0 Å². The van der Waals surface area contributed by atoms with E-state index in [1.165, 1.54) is 7.11 Å². The molecule has 20 heavy (non-hydrogen) atoms. The highest BCUT2D eigenvalue weighted by Gasteiger charge is 2.10. The van der Waals surface area contributed by atoms with Crippen molar-refractivity contribution in [2.75, 3.05) is 33.9 Å². The zero-order chi connectivity index (χ0) is 14.8. The van der Waals surface area contributed by atoms with Crippen LogP contribution in [-0.2, 0) is 9.53 Å². The average Bonchev–Trinajstić information content (AvgIpc) is 2.49. The topological polar surface area (TPSA) is 76.7 Å². The van der Waals surface area contributed by atoms with Crippen molar-refractivity contribution in [2.45, 2.75) is 6.42 Å². The van der Waals surface area contributed by atoms with Gasteiger partial charge in [0, 0.05) is 26.6 Å². The lowest BCUT2D eigenvalue weighted by molar-refractivity contribution is -0.121. The Bertz CT molecular complexity index is 449. The quantitative estimate of drug-likeness (QED) is 0.683. The maximum absolute atomic E-state index is 11.9. The first-order valence-electron chi connectivity index (χ1n) is 6.36. The molecule has 0 spiro atoms. The number of hydrogen-bond acceptors (Lipinski definition) is 4. The van der Waals surface area contributed by atoms with Gasteiger partial charge in [-0.25, -0.2) is 0 Å². The first-order chi connectivity index (χ1) is 9.69. The van der Waals surface area contributed by atoms with Crippen LogP contribution in [0.3, 0.4) is 0 Å². The van der Waals surface area contributed by atoms with Crippen molar-refractivity contribution < 1.29 is 19.1 Å². The second-order valence-corrected chi connectivity index (χ2v) is 4.05. The molecule has 110 valence electrons. The van der Waals surface area contributed by atoms with E-state index in [-0.39, 0.29) is 11.8 Å². The largest absolute Gasteiger partial charge is 0.496 e. The van der Waals surface area contributed by atoms with E-state index in [2.05, 4.69) is 10.6 Å². The predicted octanol–water partition coefficient (Wildman–Crippen LogP) is 0.578. The van der Waals surface area contributed by atoms with Crippen LogP contribution in [0.15, 0.2) is 24.3 Å². The molecular weight excluding hydrogens is 260 g/mol. The smallest absolute Gasteiger partial charge is 0.255 e. The zero-order valence-corrected chi connectivity index (χ0v) is 11.8. The Kier molecular flexibility index (Phi) is 7.13. The Morgan fingerprint density at radius 1 is 1.10 bits per heavy atom. The fourth-order valence-electron chi connectivity index (χ4n) is 1.59. The second kappa shape index (κ2) is 8.92. The van der Waals surface area contributed by atoms with Gasteiger partial charge < -0.3 is 20.1 Å². The Morgan fingerprint density at radius 2 is 1.80 bits per heavy atom. The van der Waals surface area contributed by atoms with Crippen LogP contribution in [0.5, 0.6) is 5.75 Å². The maximum atomic E-state index is 11.9. The fraction of sp³-hybridized carbons (Fsp3) is 0.429. The first kappa shape index (κ1) is 16.0. The summed E-state index contributed by atoms with van der Waals surface area (Å²) in [6.45, 7) is 1.12. The average molecular weight is 280 g/mol. The number of benzene rings is 1. The van der Waals surface area contributed by atoms with Gasteiger partial charge in [0.1, 0.15) is 5.75 Å². The summed E-state index contributed by atoms with van der Waals surface area (Å²) in [5.74, 6) is 0.195. The van der Waals surface area contributed by atoms with Crippen LogP contribution in [0.1, 0.15) is 16.8 Å². The van der Waals surface area contributed by atoms with E-state index in [9.17, 15) is 9.59 Å². The molecular formula is C14H20N2O4. The van der Waals surface area contributed by atoms with Crippen LogP contribution in [0, 0.1) is 0 Å². The number of hydrogen-bond donors (Lipinski definition) is 2. The SMILES string of the molecule is COCCC(=O)NCCNC(=O)c1ccccc1OC. The molecule has 0 aromatic heterocycles. The minimum Gasteiger partial charge on any atom is -0.496 e. The van der Waals surface area contributed by atoms with Gasteiger partial charge in [0.05, 0.1) is 19.3 Å². The molecule has 1 aromatic rings. The molecule has 0 saturated heterocycles. The third-order valence-corrected chi connectivity index (χ3v) is 2.62. The second-order valence-electron chi connectivity index (χ2n) is 4.05. The van der Waals surface area contributed by atoms with Gasteiger partial charge in [-0.15, -0.1) is 0 Å². The number of nitrogens with one attached hydrogen (secondary N) is 2. The lowest BCUT2D eigenvalue weighted by atomic mass is 10.2. The molecule has 0 fully saturated rings. The number of carbonyl (C=O) groups is 2. The third kappa shape index (κ3) is 5.27. The lowest BCUT2D eigenvalue weighted by Crippen LogP contribution is -2.35. The minimum atomic E-state index is -0.228. The van der Waals surface area contributed by atoms with Crippen molar-refractivity contribution in [3.05, 3.63) is 29.8 Å². The van der Waals surface area contributed by atoms with Gasteiger partial charge in [0.25, 0.3) is 5.91 Å². The molecule has 1 aromatic carbocycles. The zero-order valence-electron chi connectivity index (χ0n) is 11.8. The third-order valence-electron chi connectivity index (χ3n) is 2.62. The molecule has 0 aliphatic heterocycles. The molecule has 0 aliphatic carbocycles. The number of ether oxygens (including phenoxy) is 2. The van der Waals surface area contributed by atoms with E-state index in [1.54, 1.807) is 31.4 Å². The summed E-state index contributed by atoms with van der Waals surface area (Å²) in [6, 6.07) is 6.97. The highest BCUT2D eigenvalue weighted by molar-refractivity contribution is 5.96. The van der Waals surface area contributed by atoms with Gasteiger partial charge in [0.15, 0.2) is 0 Å². The highest BCUT2D eigenvalue weighted by atomic mass is 16.5. The number of para-hydroxylation sites is 1.